The second-order valence-electron chi connectivity index (χ2n) is 4.09. The molecule has 0 aromatic heterocycles. The van der Waals surface area contributed by atoms with Gasteiger partial charge in [-0.25, -0.2) is 4.39 Å². The summed E-state index contributed by atoms with van der Waals surface area (Å²) in [5, 5.41) is 11.8. The molecule has 0 bridgehead atoms. The summed E-state index contributed by atoms with van der Waals surface area (Å²) in [5.74, 6) is -0.201. The molecule has 0 saturated heterocycles. The summed E-state index contributed by atoms with van der Waals surface area (Å²) < 4.78 is 20.1. The molecule has 0 spiro atoms. The number of hydrogen-bond donors (Lipinski definition) is 2. The van der Waals surface area contributed by atoms with Gasteiger partial charge in [0.15, 0.2) is 17.4 Å². The first-order valence-electron chi connectivity index (χ1n) is 5.74. The van der Waals surface area contributed by atoms with Gasteiger partial charge in [0.05, 0.1) is 5.56 Å². The molecule has 0 amide bonds. The van der Waals surface area contributed by atoms with Crippen LogP contribution in [0.5, 0.6) is 11.5 Å². The van der Waals surface area contributed by atoms with Crippen molar-refractivity contribution in [1.29, 1.82) is 0 Å². The van der Waals surface area contributed by atoms with Crippen molar-refractivity contribution in [3.8, 4) is 11.5 Å². The zero-order valence-electron chi connectivity index (χ0n) is 10.6. The monoisotopic (exact) mass is 338 g/mol. The lowest BCUT2D eigenvalue weighted by atomic mass is 10.2. The molecule has 2 aromatic carbocycles. The molecule has 0 heterocycles. The Bertz CT molecular complexity index is 674. The summed E-state index contributed by atoms with van der Waals surface area (Å²) in [5.41, 5.74) is 6.45. The lowest BCUT2D eigenvalue weighted by Crippen LogP contribution is -2.15. The van der Waals surface area contributed by atoms with E-state index in [1.54, 1.807) is 37.3 Å². The minimum Gasteiger partial charge on any atom is -0.453 e. The van der Waals surface area contributed by atoms with E-state index >= 15 is 0 Å². The molecule has 0 atom stereocenters. The zero-order chi connectivity index (χ0) is 14.7. The topological polar surface area (TPSA) is 67.8 Å². The second kappa shape index (κ2) is 5.92. The molecule has 104 valence electrons. The van der Waals surface area contributed by atoms with Crippen LogP contribution in [0.4, 0.5) is 4.39 Å². The number of amidine groups is 1. The Balaban J connectivity index is 2.49. The van der Waals surface area contributed by atoms with Crippen molar-refractivity contribution < 1.29 is 14.3 Å². The number of aryl methyl sites for hydroxylation is 1. The predicted molar refractivity (Wildman–Crippen MR) is 77.9 cm³/mol. The fourth-order valence-corrected chi connectivity index (χ4v) is 2.26. The van der Waals surface area contributed by atoms with Gasteiger partial charge in [0, 0.05) is 4.47 Å². The van der Waals surface area contributed by atoms with E-state index in [0.29, 0.717) is 21.3 Å². The van der Waals surface area contributed by atoms with Crippen molar-refractivity contribution in [2.24, 2.45) is 10.9 Å². The molecule has 0 aliphatic rings. The molecule has 20 heavy (non-hydrogen) atoms. The second-order valence-corrected chi connectivity index (χ2v) is 4.94. The van der Waals surface area contributed by atoms with E-state index in [-0.39, 0.29) is 11.6 Å². The molecular weight excluding hydrogens is 327 g/mol. The number of benzene rings is 2. The Hall–Kier alpha value is -2.08. The van der Waals surface area contributed by atoms with Gasteiger partial charge in [-0.15, -0.1) is 0 Å². The highest BCUT2D eigenvalue weighted by Gasteiger charge is 2.15. The Morgan fingerprint density at radius 3 is 2.60 bits per heavy atom. The summed E-state index contributed by atoms with van der Waals surface area (Å²) in [7, 11) is 0. The third-order valence-corrected chi connectivity index (χ3v) is 3.38. The van der Waals surface area contributed by atoms with Crippen LogP contribution >= 0.6 is 15.9 Å². The summed E-state index contributed by atoms with van der Waals surface area (Å²) in [4.78, 5) is 0. The van der Waals surface area contributed by atoms with Gasteiger partial charge in [-0.1, -0.05) is 23.4 Å². The van der Waals surface area contributed by atoms with Crippen LogP contribution in [0.15, 0.2) is 46.0 Å². The number of halogens is 2. The van der Waals surface area contributed by atoms with Crippen LogP contribution in [-0.4, -0.2) is 11.0 Å². The molecule has 0 aliphatic heterocycles. The number of hydrogen-bond acceptors (Lipinski definition) is 3. The lowest BCUT2D eigenvalue weighted by molar-refractivity contribution is 0.318. The highest BCUT2D eigenvalue weighted by atomic mass is 79.9. The quantitative estimate of drug-likeness (QED) is 0.387. The average Bonchev–Trinajstić information content (AvgIpc) is 2.43. The number of nitrogens with two attached hydrogens (primary N) is 1. The summed E-state index contributed by atoms with van der Waals surface area (Å²) in [6.07, 6.45) is 0. The summed E-state index contributed by atoms with van der Waals surface area (Å²) >= 11 is 3.29. The van der Waals surface area contributed by atoms with E-state index in [1.165, 1.54) is 6.07 Å². The first kappa shape index (κ1) is 14.3. The Morgan fingerprint density at radius 1 is 1.25 bits per heavy atom. The fourth-order valence-electron chi connectivity index (χ4n) is 1.71. The molecule has 2 rings (SSSR count). The van der Waals surface area contributed by atoms with Gasteiger partial charge in [-0.05, 0) is 46.6 Å². The number of ether oxygens (including phenoxy) is 1. The highest BCUT2D eigenvalue weighted by molar-refractivity contribution is 9.10. The maximum atomic E-state index is 14.0. The molecule has 0 unspecified atom stereocenters. The van der Waals surface area contributed by atoms with Gasteiger partial charge in [0.2, 0.25) is 0 Å². The van der Waals surface area contributed by atoms with Gasteiger partial charge in [-0.3, -0.25) is 0 Å². The molecule has 0 fully saturated rings. The van der Waals surface area contributed by atoms with E-state index in [0.717, 1.165) is 0 Å². The number of rotatable bonds is 3. The van der Waals surface area contributed by atoms with Gasteiger partial charge in [0.1, 0.15) is 5.75 Å². The minimum atomic E-state index is -0.446. The van der Waals surface area contributed by atoms with Gasteiger partial charge >= 0.3 is 0 Å². The van der Waals surface area contributed by atoms with Crippen LogP contribution in [0.25, 0.3) is 0 Å². The molecule has 0 aliphatic carbocycles. The molecule has 6 heteroatoms. The minimum absolute atomic E-state index is 0.0788. The van der Waals surface area contributed by atoms with Gasteiger partial charge in [0.25, 0.3) is 0 Å². The number of nitrogens with zero attached hydrogens (tertiary/aromatic N) is 1. The summed E-state index contributed by atoms with van der Waals surface area (Å²) in [6, 6.07) is 9.88. The highest BCUT2D eigenvalue weighted by Crippen LogP contribution is 2.32. The van der Waals surface area contributed by atoms with Gasteiger partial charge in [-0.2, -0.15) is 0 Å². The molecule has 0 saturated carbocycles. The standard InChI is InChI=1S/C14H12BrFN2O2/c1-8-4-2-7-11(13(8)16)20-10-6-3-5-9(15)12(10)14(17)18-19/h2-7,19H,1H3,(H2,17,18). The van der Waals surface area contributed by atoms with Crippen molar-refractivity contribution in [2.75, 3.05) is 0 Å². The maximum absolute atomic E-state index is 14.0. The molecule has 3 N–H and O–H groups in total. The SMILES string of the molecule is Cc1cccc(Oc2cccc(Br)c2/C(N)=N/O)c1F. The van der Waals surface area contributed by atoms with E-state index in [1.807, 2.05) is 0 Å². The third-order valence-electron chi connectivity index (χ3n) is 2.72. The Kier molecular flexibility index (Phi) is 4.24. The maximum Gasteiger partial charge on any atom is 0.175 e. The van der Waals surface area contributed by atoms with Crippen LogP contribution in [-0.2, 0) is 0 Å². The van der Waals surface area contributed by atoms with E-state index in [9.17, 15) is 4.39 Å². The molecule has 0 radical (unpaired) electrons. The largest absolute Gasteiger partial charge is 0.453 e. The van der Waals surface area contributed by atoms with Crippen LogP contribution < -0.4 is 10.5 Å². The van der Waals surface area contributed by atoms with Crippen molar-refractivity contribution >= 4 is 21.8 Å². The van der Waals surface area contributed by atoms with Crippen molar-refractivity contribution in [3.63, 3.8) is 0 Å². The Morgan fingerprint density at radius 2 is 1.90 bits per heavy atom. The molecular formula is C14H12BrFN2O2. The first-order valence-corrected chi connectivity index (χ1v) is 6.53. The van der Waals surface area contributed by atoms with E-state index in [2.05, 4.69) is 21.1 Å². The van der Waals surface area contributed by atoms with Crippen molar-refractivity contribution in [3.05, 3.63) is 57.8 Å². The van der Waals surface area contributed by atoms with Crippen LogP contribution in [0.3, 0.4) is 0 Å². The van der Waals surface area contributed by atoms with Gasteiger partial charge < -0.3 is 15.7 Å². The van der Waals surface area contributed by atoms with Crippen LogP contribution in [0.2, 0.25) is 0 Å². The van der Waals surface area contributed by atoms with E-state index in [4.69, 9.17) is 15.7 Å². The fraction of sp³-hybridized carbons (Fsp3) is 0.0714. The van der Waals surface area contributed by atoms with Crippen molar-refractivity contribution in [2.45, 2.75) is 6.92 Å². The van der Waals surface area contributed by atoms with E-state index < -0.39 is 5.82 Å². The van der Waals surface area contributed by atoms with Crippen LogP contribution in [0.1, 0.15) is 11.1 Å². The molecule has 4 nitrogen and oxygen atoms in total. The van der Waals surface area contributed by atoms with Crippen LogP contribution in [0, 0.1) is 12.7 Å². The smallest absolute Gasteiger partial charge is 0.175 e. The number of oxime groups is 1. The molecule has 2 aromatic rings. The zero-order valence-corrected chi connectivity index (χ0v) is 12.2. The third kappa shape index (κ3) is 2.75. The lowest BCUT2D eigenvalue weighted by Gasteiger charge is -2.13. The predicted octanol–water partition coefficient (Wildman–Crippen LogP) is 3.78. The normalized spacial score (nSPS) is 11.4. The average molecular weight is 339 g/mol. The Labute approximate surface area is 123 Å². The first-order chi connectivity index (χ1) is 9.54. The summed E-state index contributed by atoms with van der Waals surface area (Å²) in [6.45, 7) is 1.65. The van der Waals surface area contributed by atoms with Crippen molar-refractivity contribution in [1.82, 2.24) is 0 Å².